The SMILES string of the molecule is COc1ccc(OC)c(CCCNC(N)=NCC2CCC2)c1. The summed E-state index contributed by atoms with van der Waals surface area (Å²) in [7, 11) is 3.36. The molecule has 0 aliphatic heterocycles. The zero-order chi connectivity index (χ0) is 15.8. The lowest BCUT2D eigenvalue weighted by atomic mass is 9.86. The van der Waals surface area contributed by atoms with E-state index in [0.29, 0.717) is 5.96 Å². The van der Waals surface area contributed by atoms with Crippen LogP contribution >= 0.6 is 0 Å². The van der Waals surface area contributed by atoms with Crippen molar-refractivity contribution < 1.29 is 9.47 Å². The molecule has 0 atom stereocenters. The molecule has 5 nitrogen and oxygen atoms in total. The standard InChI is InChI=1S/C17H27N3O2/c1-21-15-8-9-16(22-2)14(11-15)7-4-10-19-17(18)20-12-13-5-3-6-13/h8-9,11,13H,3-7,10,12H2,1-2H3,(H3,18,19,20). The zero-order valence-corrected chi connectivity index (χ0v) is 13.6. The van der Waals surface area contributed by atoms with Crippen LogP contribution in [-0.2, 0) is 6.42 Å². The van der Waals surface area contributed by atoms with Gasteiger partial charge in [0.05, 0.1) is 14.2 Å². The van der Waals surface area contributed by atoms with E-state index in [1.165, 1.54) is 19.3 Å². The summed E-state index contributed by atoms with van der Waals surface area (Å²) in [6, 6.07) is 5.87. The van der Waals surface area contributed by atoms with E-state index in [-0.39, 0.29) is 0 Å². The summed E-state index contributed by atoms with van der Waals surface area (Å²) in [5.41, 5.74) is 7.02. The van der Waals surface area contributed by atoms with Crippen molar-refractivity contribution in [3.8, 4) is 11.5 Å². The van der Waals surface area contributed by atoms with Gasteiger partial charge in [0.15, 0.2) is 5.96 Å². The molecule has 0 saturated heterocycles. The fourth-order valence-electron chi connectivity index (χ4n) is 2.53. The Morgan fingerprint density at radius 1 is 1.32 bits per heavy atom. The van der Waals surface area contributed by atoms with Crippen LogP contribution in [0.5, 0.6) is 11.5 Å². The lowest BCUT2D eigenvalue weighted by Gasteiger charge is -2.23. The van der Waals surface area contributed by atoms with Crippen molar-refractivity contribution in [3.63, 3.8) is 0 Å². The van der Waals surface area contributed by atoms with Crippen molar-refractivity contribution in [2.45, 2.75) is 32.1 Å². The Balaban J connectivity index is 1.73. The Morgan fingerprint density at radius 3 is 2.77 bits per heavy atom. The number of aliphatic imine (C=N–C) groups is 1. The minimum atomic E-state index is 0.560. The first-order valence-corrected chi connectivity index (χ1v) is 7.97. The number of benzene rings is 1. The summed E-state index contributed by atoms with van der Waals surface area (Å²) < 4.78 is 10.6. The number of methoxy groups -OCH3 is 2. The van der Waals surface area contributed by atoms with Gasteiger partial charge in [-0.25, -0.2) is 0 Å². The largest absolute Gasteiger partial charge is 0.497 e. The molecule has 2 rings (SSSR count). The van der Waals surface area contributed by atoms with Gasteiger partial charge in [-0.05, 0) is 55.4 Å². The maximum Gasteiger partial charge on any atom is 0.188 e. The highest BCUT2D eigenvalue weighted by Crippen LogP contribution is 2.26. The van der Waals surface area contributed by atoms with E-state index in [4.69, 9.17) is 15.2 Å². The summed E-state index contributed by atoms with van der Waals surface area (Å²) in [4.78, 5) is 4.39. The molecular formula is C17H27N3O2. The molecule has 122 valence electrons. The molecular weight excluding hydrogens is 278 g/mol. The van der Waals surface area contributed by atoms with Crippen LogP contribution < -0.4 is 20.5 Å². The van der Waals surface area contributed by atoms with Gasteiger partial charge in [-0.15, -0.1) is 0 Å². The van der Waals surface area contributed by atoms with E-state index in [2.05, 4.69) is 10.3 Å². The third kappa shape index (κ3) is 4.83. The number of ether oxygens (including phenoxy) is 2. The van der Waals surface area contributed by atoms with Gasteiger partial charge >= 0.3 is 0 Å². The molecule has 0 radical (unpaired) electrons. The molecule has 5 heteroatoms. The second kappa shape index (κ2) is 8.51. The monoisotopic (exact) mass is 305 g/mol. The van der Waals surface area contributed by atoms with Gasteiger partial charge in [-0.3, -0.25) is 4.99 Å². The molecule has 0 heterocycles. The molecule has 3 N–H and O–H groups in total. The Kier molecular flexibility index (Phi) is 6.37. The molecule has 1 aliphatic rings. The van der Waals surface area contributed by atoms with E-state index >= 15 is 0 Å². The van der Waals surface area contributed by atoms with Gasteiger partial charge in [-0.1, -0.05) is 6.42 Å². The molecule has 0 aromatic heterocycles. The topological polar surface area (TPSA) is 68.9 Å². The number of nitrogens with two attached hydrogens (primary N) is 1. The molecule has 22 heavy (non-hydrogen) atoms. The maximum atomic E-state index is 5.88. The molecule has 1 aliphatic carbocycles. The van der Waals surface area contributed by atoms with Crippen LogP contribution in [0.3, 0.4) is 0 Å². The highest BCUT2D eigenvalue weighted by atomic mass is 16.5. The fraction of sp³-hybridized carbons (Fsp3) is 0.588. The first-order valence-electron chi connectivity index (χ1n) is 7.97. The van der Waals surface area contributed by atoms with Crippen LogP contribution in [0.2, 0.25) is 0 Å². The number of rotatable bonds is 8. The fourth-order valence-corrected chi connectivity index (χ4v) is 2.53. The maximum absolute atomic E-state index is 5.88. The second-order valence-electron chi connectivity index (χ2n) is 5.73. The number of aryl methyl sites for hydroxylation is 1. The molecule has 0 spiro atoms. The number of guanidine groups is 1. The van der Waals surface area contributed by atoms with Crippen LogP contribution in [0.25, 0.3) is 0 Å². The van der Waals surface area contributed by atoms with Gasteiger partial charge < -0.3 is 20.5 Å². The van der Waals surface area contributed by atoms with Crippen LogP contribution in [0.15, 0.2) is 23.2 Å². The number of hydrogen-bond donors (Lipinski definition) is 2. The number of nitrogens with one attached hydrogen (secondary N) is 1. The average Bonchev–Trinajstić information content (AvgIpc) is 2.49. The molecule has 1 aromatic rings. The minimum Gasteiger partial charge on any atom is -0.497 e. The zero-order valence-electron chi connectivity index (χ0n) is 13.6. The van der Waals surface area contributed by atoms with Crippen LogP contribution in [0.1, 0.15) is 31.2 Å². The summed E-state index contributed by atoms with van der Waals surface area (Å²) in [5.74, 6) is 3.06. The molecule has 1 fully saturated rings. The lowest BCUT2D eigenvalue weighted by molar-refractivity contribution is 0.326. The number of nitrogens with zero attached hydrogens (tertiary/aromatic N) is 1. The van der Waals surface area contributed by atoms with Gasteiger partial charge in [0, 0.05) is 13.1 Å². The van der Waals surface area contributed by atoms with Crippen molar-refractivity contribution in [1.29, 1.82) is 0 Å². The quantitative estimate of drug-likeness (QED) is 0.439. The summed E-state index contributed by atoms with van der Waals surface area (Å²) in [5, 5.41) is 3.18. The van der Waals surface area contributed by atoms with Crippen molar-refractivity contribution >= 4 is 5.96 Å². The highest BCUT2D eigenvalue weighted by molar-refractivity contribution is 5.77. The van der Waals surface area contributed by atoms with Crippen LogP contribution in [-0.4, -0.2) is 33.3 Å². The molecule has 0 amide bonds. The van der Waals surface area contributed by atoms with Gasteiger partial charge in [-0.2, -0.15) is 0 Å². The Labute approximate surface area is 132 Å². The third-order valence-electron chi connectivity index (χ3n) is 4.16. The second-order valence-corrected chi connectivity index (χ2v) is 5.73. The molecule has 0 unspecified atom stereocenters. The smallest absolute Gasteiger partial charge is 0.188 e. The molecule has 1 aromatic carbocycles. The van der Waals surface area contributed by atoms with Gasteiger partial charge in [0.25, 0.3) is 0 Å². The van der Waals surface area contributed by atoms with Gasteiger partial charge in [0.1, 0.15) is 11.5 Å². The highest BCUT2D eigenvalue weighted by Gasteiger charge is 2.16. The third-order valence-corrected chi connectivity index (χ3v) is 4.16. The first-order chi connectivity index (χ1) is 10.7. The minimum absolute atomic E-state index is 0.560. The Bertz CT molecular complexity index is 499. The number of hydrogen-bond acceptors (Lipinski definition) is 3. The first kappa shape index (κ1) is 16.5. The Hall–Kier alpha value is -1.91. The van der Waals surface area contributed by atoms with Crippen molar-refractivity contribution in [2.24, 2.45) is 16.6 Å². The normalized spacial score (nSPS) is 15.3. The summed E-state index contributed by atoms with van der Waals surface area (Å²) in [6.45, 7) is 1.67. The Morgan fingerprint density at radius 2 is 2.14 bits per heavy atom. The molecule has 1 saturated carbocycles. The van der Waals surface area contributed by atoms with E-state index in [1.807, 2.05) is 18.2 Å². The van der Waals surface area contributed by atoms with E-state index in [0.717, 1.165) is 48.9 Å². The predicted molar refractivity (Wildman–Crippen MR) is 89.7 cm³/mol. The van der Waals surface area contributed by atoms with E-state index in [1.54, 1.807) is 14.2 Å². The predicted octanol–water partition coefficient (Wildman–Crippen LogP) is 2.34. The van der Waals surface area contributed by atoms with Crippen molar-refractivity contribution in [1.82, 2.24) is 5.32 Å². The summed E-state index contributed by atoms with van der Waals surface area (Å²) in [6.07, 6.45) is 5.81. The lowest BCUT2D eigenvalue weighted by Crippen LogP contribution is -2.33. The van der Waals surface area contributed by atoms with Crippen LogP contribution in [0.4, 0.5) is 0 Å². The summed E-state index contributed by atoms with van der Waals surface area (Å²) >= 11 is 0. The molecule has 0 bridgehead atoms. The van der Waals surface area contributed by atoms with Crippen LogP contribution in [0, 0.1) is 5.92 Å². The van der Waals surface area contributed by atoms with E-state index in [9.17, 15) is 0 Å². The average molecular weight is 305 g/mol. The van der Waals surface area contributed by atoms with Crippen molar-refractivity contribution in [2.75, 3.05) is 27.3 Å². The van der Waals surface area contributed by atoms with Crippen molar-refractivity contribution in [3.05, 3.63) is 23.8 Å². The van der Waals surface area contributed by atoms with E-state index < -0.39 is 0 Å². The van der Waals surface area contributed by atoms with Gasteiger partial charge in [0.2, 0.25) is 0 Å².